The number of anilines is 1. The van der Waals surface area contributed by atoms with E-state index in [1.54, 1.807) is 17.0 Å². The Labute approximate surface area is 173 Å². The summed E-state index contributed by atoms with van der Waals surface area (Å²) in [7, 11) is 1.27. The number of benzene rings is 1. The number of rotatable bonds is 7. The number of allylic oxidation sites excluding steroid dienone is 1. The molecule has 9 nitrogen and oxygen atoms in total. The predicted molar refractivity (Wildman–Crippen MR) is 110 cm³/mol. The number of nitrogens with zero attached hydrogens (tertiary/aromatic N) is 4. The minimum atomic E-state index is -0.668. The second-order valence-corrected chi connectivity index (χ2v) is 7.18. The van der Waals surface area contributed by atoms with Gasteiger partial charge in [-0.15, -0.1) is 0 Å². The summed E-state index contributed by atoms with van der Waals surface area (Å²) < 4.78 is 6.60. The number of carbonyl (C=O) groups excluding carboxylic acids is 1. The third-order valence-electron chi connectivity index (χ3n) is 5.07. The Morgan fingerprint density at radius 3 is 2.77 bits per heavy atom. The molecule has 4 rings (SSSR count). The van der Waals surface area contributed by atoms with Gasteiger partial charge in [-0.05, 0) is 12.0 Å². The summed E-state index contributed by atoms with van der Waals surface area (Å²) in [5.41, 5.74) is 1.98. The molecule has 0 unspecified atom stereocenters. The molecule has 9 heteroatoms. The van der Waals surface area contributed by atoms with E-state index in [-0.39, 0.29) is 24.5 Å². The van der Waals surface area contributed by atoms with Crippen molar-refractivity contribution in [1.82, 2.24) is 19.5 Å². The first-order valence-corrected chi connectivity index (χ1v) is 9.69. The van der Waals surface area contributed by atoms with Crippen LogP contribution in [0.5, 0.6) is 0 Å². The number of esters is 1. The van der Waals surface area contributed by atoms with Crippen molar-refractivity contribution in [3.05, 3.63) is 60.2 Å². The lowest BCUT2D eigenvalue weighted by Gasteiger charge is -2.18. The van der Waals surface area contributed by atoms with E-state index in [0.29, 0.717) is 29.8 Å². The number of imidazole rings is 1. The fourth-order valence-corrected chi connectivity index (χ4v) is 3.56. The van der Waals surface area contributed by atoms with Gasteiger partial charge in [0.1, 0.15) is 0 Å². The number of nitrogens with one attached hydrogen (secondary N) is 1. The molecule has 2 heterocycles. The van der Waals surface area contributed by atoms with Crippen LogP contribution in [0, 0.1) is 0 Å². The Hall–Kier alpha value is -3.30. The van der Waals surface area contributed by atoms with Crippen LogP contribution in [0.3, 0.4) is 0 Å². The van der Waals surface area contributed by atoms with Crippen molar-refractivity contribution in [2.45, 2.75) is 31.0 Å². The second-order valence-electron chi connectivity index (χ2n) is 7.18. The fourth-order valence-electron chi connectivity index (χ4n) is 3.56. The third-order valence-corrected chi connectivity index (χ3v) is 5.07. The summed E-state index contributed by atoms with van der Waals surface area (Å²) >= 11 is 0. The number of methoxy groups -OCH3 is 1. The van der Waals surface area contributed by atoms with Crippen LogP contribution in [0.1, 0.15) is 28.6 Å². The monoisotopic (exact) mass is 409 g/mol. The molecule has 3 atom stereocenters. The maximum Gasteiger partial charge on any atom is 0.376 e. The van der Waals surface area contributed by atoms with Gasteiger partial charge in [-0.1, -0.05) is 42.5 Å². The van der Waals surface area contributed by atoms with E-state index in [0.717, 1.165) is 5.56 Å². The number of aliphatic hydroxyl groups is 2. The Bertz CT molecular complexity index is 1070. The molecular weight excluding hydrogens is 386 g/mol. The number of ether oxygens (including phenoxy) is 1. The van der Waals surface area contributed by atoms with Gasteiger partial charge >= 0.3 is 5.97 Å². The summed E-state index contributed by atoms with van der Waals surface area (Å²) in [5.74, 6) is -0.428. The minimum absolute atomic E-state index is 0.104. The largest absolute Gasteiger partial charge is 0.463 e. The predicted octanol–water partition coefficient (Wildman–Crippen LogP) is 1.49. The van der Waals surface area contributed by atoms with Crippen LogP contribution in [0.2, 0.25) is 0 Å². The molecule has 0 radical (unpaired) electrons. The second kappa shape index (κ2) is 8.60. The normalized spacial score (nSPS) is 19.2. The maximum atomic E-state index is 12.2. The molecule has 1 aliphatic carbocycles. The van der Waals surface area contributed by atoms with Gasteiger partial charge in [-0.25, -0.2) is 19.7 Å². The standard InChI is InChI=1S/C21H23N5O4/c1-30-21(29)19-24-18(23-14(11-27)9-13-5-3-2-4-6-13)17-20(25-19)26(12-22-17)15-7-8-16(28)10-15/h2-8,12,14-16,27-28H,9-11H2,1H3,(H,23,24,25)/t14-,15-,16+/m0/s1. The average Bonchev–Trinajstić information content (AvgIpc) is 3.39. The van der Waals surface area contributed by atoms with E-state index in [9.17, 15) is 15.0 Å². The smallest absolute Gasteiger partial charge is 0.376 e. The lowest BCUT2D eigenvalue weighted by molar-refractivity contribution is 0.0587. The van der Waals surface area contributed by atoms with E-state index in [1.807, 2.05) is 36.4 Å². The molecule has 0 saturated carbocycles. The first-order valence-electron chi connectivity index (χ1n) is 9.69. The molecule has 156 valence electrons. The number of fused-ring (bicyclic) bond motifs is 1. The minimum Gasteiger partial charge on any atom is -0.463 e. The van der Waals surface area contributed by atoms with Crippen molar-refractivity contribution < 1.29 is 19.7 Å². The molecule has 1 aliphatic rings. The van der Waals surface area contributed by atoms with Crippen LogP contribution in [-0.2, 0) is 11.2 Å². The lowest BCUT2D eigenvalue weighted by Crippen LogP contribution is -2.27. The highest BCUT2D eigenvalue weighted by atomic mass is 16.5. The van der Waals surface area contributed by atoms with Gasteiger partial charge < -0.3 is 24.8 Å². The van der Waals surface area contributed by atoms with Gasteiger partial charge in [0.2, 0.25) is 5.82 Å². The van der Waals surface area contributed by atoms with E-state index in [1.165, 1.54) is 7.11 Å². The molecule has 1 aromatic carbocycles. The van der Waals surface area contributed by atoms with Crippen molar-refractivity contribution in [3.8, 4) is 0 Å². The van der Waals surface area contributed by atoms with Crippen molar-refractivity contribution in [2.75, 3.05) is 19.0 Å². The fraction of sp³-hybridized carbons (Fsp3) is 0.333. The summed E-state index contributed by atoms with van der Waals surface area (Å²) in [5, 5.41) is 22.9. The summed E-state index contributed by atoms with van der Waals surface area (Å²) in [4.78, 5) is 25.2. The van der Waals surface area contributed by atoms with Crippen molar-refractivity contribution in [1.29, 1.82) is 0 Å². The Kier molecular flexibility index (Phi) is 5.73. The Morgan fingerprint density at radius 1 is 1.30 bits per heavy atom. The summed E-state index contributed by atoms with van der Waals surface area (Å²) in [6.45, 7) is -0.133. The number of aromatic nitrogens is 4. The summed E-state index contributed by atoms with van der Waals surface area (Å²) in [6, 6.07) is 9.30. The van der Waals surface area contributed by atoms with Crippen LogP contribution in [-0.4, -0.2) is 61.6 Å². The molecular formula is C21H23N5O4. The number of carbonyl (C=O) groups is 1. The van der Waals surface area contributed by atoms with Crippen LogP contribution in [0.15, 0.2) is 48.8 Å². The van der Waals surface area contributed by atoms with E-state index in [2.05, 4.69) is 20.3 Å². The molecule has 2 aromatic heterocycles. The Morgan fingerprint density at radius 2 is 2.10 bits per heavy atom. The highest BCUT2D eigenvalue weighted by Crippen LogP contribution is 2.29. The highest BCUT2D eigenvalue weighted by molar-refractivity contribution is 5.91. The molecule has 3 N–H and O–H groups in total. The maximum absolute atomic E-state index is 12.2. The van der Waals surface area contributed by atoms with Gasteiger partial charge in [-0.2, -0.15) is 0 Å². The molecule has 0 bridgehead atoms. The average molecular weight is 409 g/mol. The van der Waals surface area contributed by atoms with Gasteiger partial charge in [-0.3, -0.25) is 0 Å². The van der Waals surface area contributed by atoms with Gasteiger partial charge in [0.25, 0.3) is 0 Å². The quantitative estimate of drug-likeness (QED) is 0.396. The van der Waals surface area contributed by atoms with E-state index in [4.69, 9.17) is 4.74 Å². The lowest BCUT2D eigenvalue weighted by atomic mass is 10.1. The number of hydrogen-bond donors (Lipinski definition) is 3. The molecule has 3 aromatic rings. The zero-order valence-electron chi connectivity index (χ0n) is 16.5. The Balaban J connectivity index is 1.71. The van der Waals surface area contributed by atoms with E-state index < -0.39 is 12.1 Å². The van der Waals surface area contributed by atoms with Crippen LogP contribution in [0.4, 0.5) is 5.82 Å². The number of aliphatic hydroxyl groups excluding tert-OH is 2. The first kappa shape index (κ1) is 20.0. The molecule has 30 heavy (non-hydrogen) atoms. The molecule has 0 amide bonds. The topological polar surface area (TPSA) is 122 Å². The molecule has 0 saturated heterocycles. The van der Waals surface area contributed by atoms with Crippen LogP contribution in [0.25, 0.3) is 11.2 Å². The van der Waals surface area contributed by atoms with Crippen LogP contribution >= 0.6 is 0 Å². The molecule has 0 fully saturated rings. The molecule has 0 aliphatic heterocycles. The van der Waals surface area contributed by atoms with Gasteiger partial charge in [0, 0.05) is 6.42 Å². The molecule has 0 spiro atoms. The zero-order valence-corrected chi connectivity index (χ0v) is 16.5. The van der Waals surface area contributed by atoms with Crippen molar-refractivity contribution in [2.24, 2.45) is 0 Å². The van der Waals surface area contributed by atoms with Crippen LogP contribution < -0.4 is 5.32 Å². The zero-order chi connectivity index (χ0) is 21.1. The highest BCUT2D eigenvalue weighted by Gasteiger charge is 2.25. The summed E-state index contributed by atoms with van der Waals surface area (Å²) in [6.07, 6.45) is 5.75. The van der Waals surface area contributed by atoms with E-state index >= 15 is 0 Å². The van der Waals surface area contributed by atoms with Gasteiger partial charge in [0.15, 0.2) is 17.0 Å². The van der Waals surface area contributed by atoms with Gasteiger partial charge in [0.05, 0.1) is 38.2 Å². The van der Waals surface area contributed by atoms with Crippen molar-refractivity contribution >= 4 is 23.0 Å². The van der Waals surface area contributed by atoms with Crippen molar-refractivity contribution in [3.63, 3.8) is 0 Å². The number of hydrogen-bond acceptors (Lipinski definition) is 8. The first-order chi connectivity index (χ1) is 14.6. The SMILES string of the molecule is COC(=O)c1nc(N[C@H](CO)Cc2ccccc2)c2ncn([C@H]3C=C[C@@H](O)C3)c2n1. The third kappa shape index (κ3) is 4.03.